The van der Waals surface area contributed by atoms with Gasteiger partial charge in [-0.3, -0.25) is 9.59 Å². The Bertz CT molecular complexity index is 1460. The van der Waals surface area contributed by atoms with Gasteiger partial charge in [-0.2, -0.15) is 13.2 Å². The van der Waals surface area contributed by atoms with Crippen LogP contribution in [-0.2, 0) is 28.8 Å². The molecule has 1 aromatic heterocycles. The maximum absolute atomic E-state index is 13.1. The third kappa shape index (κ3) is 5.75. The van der Waals surface area contributed by atoms with E-state index in [1.54, 1.807) is 12.1 Å². The number of alkyl halides is 3. The van der Waals surface area contributed by atoms with E-state index >= 15 is 0 Å². The van der Waals surface area contributed by atoms with Crippen molar-refractivity contribution in [3.63, 3.8) is 0 Å². The standard InChI is InChI=1S/C29H25F3N2O4S/c1-17-4-2-3-5-22(17)27-24(39-28(33-27)18-6-9-20(10-7-18)29(30,31)32)16-38-21-11-12-23-19(14-21)8-13-25(35)34(23)15-26(36)37/h2-7,9-12,14,17,22H,8,13,15-16H2,1H3,(H,36,37). The maximum atomic E-state index is 13.1. The van der Waals surface area contributed by atoms with Crippen molar-refractivity contribution in [2.45, 2.75) is 38.5 Å². The van der Waals surface area contributed by atoms with Crippen LogP contribution in [-0.4, -0.2) is 28.5 Å². The van der Waals surface area contributed by atoms with Crippen molar-refractivity contribution in [2.24, 2.45) is 5.92 Å². The van der Waals surface area contributed by atoms with Gasteiger partial charge in [0.2, 0.25) is 5.91 Å². The lowest BCUT2D eigenvalue weighted by atomic mass is 9.87. The van der Waals surface area contributed by atoms with E-state index in [1.165, 1.54) is 28.4 Å². The summed E-state index contributed by atoms with van der Waals surface area (Å²) in [7, 11) is 0. The van der Waals surface area contributed by atoms with Gasteiger partial charge < -0.3 is 14.7 Å². The average Bonchev–Trinajstić information content (AvgIpc) is 3.33. The number of ether oxygens (including phenoxy) is 1. The van der Waals surface area contributed by atoms with E-state index < -0.39 is 24.3 Å². The number of amides is 1. The first-order valence-electron chi connectivity index (χ1n) is 12.4. The van der Waals surface area contributed by atoms with Gasteiger partial charge in [0.1, 0.15) is 23.9 Å². The van der Waals surface area contributed by atoms with Crippen molar-refractivity contribution in [2.75, 3.05) is 11.4 Å². The summed E-state index contributed by atoms with van der Waals surface area (Å²) in [6, 6.07) is 10.2. The number of fused-ring (bicyclic) bond motifs is 1. The minimum Gasteiger partial charge on any atom is -0.488 e. The first-order chi connectivity index (χ1) is 18.6. The lowest BCUT2D eigenvalue weighted by molar-refractivity contribution is -0.138. The van der Waals surface area contributed by atoms with Gasteiger partial charge in [-0.1, -0.05) is 43.4 Å². The predicted octanol–water partition coefficient (Wildman–Crippen LogP) is 6.62. The molecule has 1 aliphatic carbocycles. The largest absolute Gasteiger partial charge is 0.488 e. The fourth-order valence-electron chi connectivity index (χ4n) is 4.79. The number of nitrogens with zero attached hydrogens (tertiary/aromatic N) is 2. The predicted molar refractivity (Wildman–Crippen MR) is 142 cm³/mol. The Labute approximate surface area is 227 Å². The van der Waals surface area contributed by atoms with Crippen molar-refractivity contribution in [1.29, 1.82) is 0 Å². The van der Waals surface area contributed by atoms with Crippen LogP contribution in [0.4, 0.5) is 18.9 Å². The van der Waals surface area contributed by atoms with Crippen molar-refractivity contribution >= 4 is 28.9 Å². The van der Waals surface area contributed by atoms with E-state index in [0.29, 0.717) is 28.4 Å². The number of allylic oxidation sites excluding steroid dienone is 4. The Morgan fingerprint density at radius 2 is 1.87 bits per heavy atom. The third-order valence-corrected chi connectivity index (χ3v) is 7.92. The molecule has 1 amide bonds. The second-order valence-corrected chi connectivity index (χ2v) is 10.6. The quantitative estimate of drug-likeness (QED) is 0.355. The van der Waals surface area contributed by atoms with E-state index in [-0.39, 0.29) is 30.8 Å². The Kier molecular flexibility index (Phi) is 7.31. The molecular formula is C29H25F3N2O4S. The zero-order valence-corrected chi connectivity index (χ0v) is 21.8. The molecule has 0 bridgehead atoms. The van der Waals surface area contributed by atoms with Crippen molar-refractivity contribution < 1.29 is 32.6 Å². The van der Waals surface area contributed by atoms with Gasteiger partial charge in [0.25, 0.3) is 0 Å². The number of aliphatic carboxylic acids is 1. The van der Waals surface area contributed by atoms with Gasteiger partial charge in [0, 0.05) is 23.6 Å². The van der Waals surface area contributed by atoms with E-state index in [4.69, 9.17) is 9.72 Å². The molecule has 5 rings (SSSR count). The van der Waals surface area contributed by atoms with Crippen LogP contribution in [0.5, 0.6) is 5.75 Å². The Hall–Kier alpha value is -3.92. The molecule has 0 saturated carbocycles. The number of anilines is 1. The first-order valence-corrected chi connectivity index (χ1v) is 13.2. The van der Waals surface area contributed by atoms with E-state index in [1.807, 2.05) is 18.2 Å². The van der Waals surface area contributed by atoms with Gasteiger partial charge in [0.05, 0.1) is 16.1 Å². The van der Waals surface area contributed by atoms with Gasteiger partial charge >= 0.3 is 12.1 Å². The molecule has 0 spiro atoms. The number of carbonyl (C=O) groups excluding carboxylic acids is 1. The first kappa shape index (κ1) is 26.7. The van der Waals surface area contributed by atoms with Gasteiger partial charge in [-0.25, -0.2) is 4.98 Å². The van der Waals surface area contributed by atoms with Gasteiger partial charge in [0.15, 0.2) is 0 Å². The SMILES string of the molecule is CC1C=CC=CC1c1nc(-c2ccc(C(F)(F)F)cc2)sc1COc1ccc2c(c1)CCC(=O)N2CC(=O)O. The zero-order chi connectivity index (χ0) is 27.7. The topological polar surface area (TPSA) is 79.7 Å². The zero-order valence-electron chi connectivity index (χ0n) is 20.9. The number of benzene rings is 2. The van der Waals surface area contributed by atoms with Gasteiger partial charge in [-0.15, -0.1) is 11.3 Å². The number of aromatic nitrogens is 1. The molecule has 39 heavy (non-hydrogen) atoms. The molecule has 1 aliphatic heterocycles. The molecule has 2 aromatic carbocycles. The highest BCUT2D eigenvalue weighted by Gasteiger charge is 2.31. The molecule has 2 aliphatic rings. The minimum atomic E-state index is -4.41. The molecule has 1 N–H and O–H groups in total. The number of hydrogen-bond acceptors (Lipinski definition) is 5. The highest BCUT2D eigenvalue weighted by Crippen LogP contribution is 2.39. The molecular weight excluding hydrogens is 529 g/mol. The van der Waals surface area contributed by atoms with Crippen molar-refractivity contribution in [3.8, 4) is 16.3 Å². The maximum Gasteiger partial charge on any atom is 0.416 e. The fourth-order valence-corrected chi connectivity index (χ4v) is 5.83. The fraction of sp³-hybridized carbons (Fsp3) is 0.276. The summed E-state index contributed by atoms with van der Waals surface area (Å²) < 4.78 is 45.3. The van der Waals surface area contributed by atoms with E-state index in [2.05, 4.69) is 19.1 Å². The highest BCUT2D eigenvalue weighted by molar-refractivity contribution is 7.15. The monoisotopic (exact) mass is 554 g/mol. The molecule has 6 nitrogen and oxygen atoms in total. The lowest BCUT2D eigenvalue weighted by Gasteiger charge is -2.28. The number of halogens is 3. The molecule has 0 saturated heterocycles. The van der Waals surface area contributed by atoms with Crippen LogP contribution in [0.25, 0.3) is 10.6 Å². The Balaban J connectivity index is 1.42. The van der Waals surface area contributed by atoms with Crippen LogP contribution >= 0.6 is 11.3 Å². The lowest BCUT2D eigenvalue weighted by Crippen LogP contribution is -2.38. The average molecular weight is 555 g/mol. The summed E-state index contributed by atoms with van der Waals surface area (Å²) in [5.74, 6) is -0.572. The molecule has 0 radical (unpaired) electrons. The van der Waals surface area contributed by atoms with Crippen LogP contribution in [0.1, 0.15) is 41.0 Å². The number of aryl methyl sites for hydroxylation is 1. The molecule has 2 atom stereocenters. The summed E-state index contributed by atoms with van der Waals surface area (Å²) >= 11 is 1.38. The van der Waals surface area contributed by atoms with Crippen molar-refractivity contribution in [1.82, 2.24) is 4.98 Å². The summed E-state index contributed by atoms with van der Waals surface area (Å²) in [5.41, 5.74) is 2.10. The Morgan fingerprint density at radius 1 is 1.13 bits per heavy atom. The molecule has 10 heteroatoms. The van der Waals surface area contributed by atoms with E-state index in [0.717, 1.165) is 28.3 Å². The normalized spacial score (nSPS) is 18.8. The number of hydrogen-bond donors (Lipinski definition) is 1. The number of carboxylic acids is 1. The summed E-state index contributed by atoms with van der Waals surface area (Å²) in [4.78, 5) is 30.4. The smallest absolute Gasteiger partial charge is 0.416 e. The van der Waals surface area contributed by atoms with Crippen LogP contribution in [0.2, 0.25) is 0 Å². The van der Waals surface area contributed by atoms with E-state index in [9.17, 15) is 27.9 Å². The summed E-state index contributed by atoms with van der Waals surface area (Å²) in [6.45, 7) is 1.88. The van der Waals surface area contributed by atoms with Crippen molar-refractivity contribution in [3.05, 3.63) is 88.5 Å². The van der Waals surface area contributed by atoms with Crippen LogP contribution < -0.4 is 9.64 Å². The molecule has 2 unspecified atom stereocenters. The number of carbonyl (C=O) groups is 2. The second kappa shape index (κ2) is 10.7. The molecule has 0 fully saturated rings. The number of rotatable bonds is 7. The van der Waals surface area contributed by atoms with Crippen LogP contribution in [0, 0.1) is 5.92 Å². The van der Waals surface area contributed by atoms with Gasteiger partial charge in [-0.05, 0) is 48.2 Å². The molecule has 3 aromatic rings. The summed E-state index contributed by atoms with van der Waals surface area (Å²) in [5, 5.41) is 9.79. The summed E-state index contributed by atoms with van der Waals surface area (Å²) in [6.07, 6.45) is 4.38. The molecule has 202 valence electrons. The second-order valence-electron chi connectivity index (χ2n) is 9.51. The highest BCUT2D eigenvalue weighted by atomic mass is 32.1. The van der Waals surface area contributed by atoms with Crippen LogP contribution in [0.15, 0.2) is 66.8 Å². The van der Waals surface area contributed by atoms with Crippen LogP contribution in [0.3, 0.4) is 0 Å². The Morgan fingerprint density at radius 3 is 2.56 bits per heavy atom. The minimum absolute atomic E-state index is 0.00725. The number of thiazole rings is 1. The third-order valence-electron chi connectivity index (χ3n) is 6.83. The number of carboxylic acid groups (broad SMARTS) is 1. The molecule has 2 heterocycles.